The minimum atomic E-state index is -0.485. The summed E-state index contributed by atoms with van der Waals surface area (Å²) in [5.74, 6) is 0.488. The number of halogens is 3. The van der Waals surface area contributed by atoms with Gasteiger partial charge in [0.2, 0.25) is 11.8 Å². The summed E-state index contributed by atoms with van der Waals surface area (Å²) in [4.78, 5) is 26.7. The summed E-state index contributed by atoms with van der Waals surface area (Å²) in [7, 11) is 0. The first-order valence-electron chi connectivity index (χ1n) is 9.49. The Balaban J connectivity index is 1.38. The zero-order valence-electron chi connectivity index (χ0n) is 16.1. The molecule has 0 radical (unpaired) electrons. The Morgan fingerprint density at radius 1 is 1.00 bits per heavy atom. The van der Waals surface area contributed by atoms with E-state index in [4.69, 9.17) is 27.9 Å². The number of anilines is 2. The molecule has 0 saturated carbocycles. The first-order valence-corrected chi connectivity index (χ1v) is 11.0. The van der Waals surface area contributed by atoms with Gasteiger partial charge in [-0.05, 0) is 60.7 Å². The van der Waals surface area contributed by atoms with E-state index in [0.29, 0.717) is 32.9 Å². The van der Waals surface area contributed by atoms with Crippen molar-refractivity contribution >= 4 is 62.3 Å². The monoisotopic (exact) mass is 518 g/mol. The van der Waals surface area contributed by atoms with E-state index >= 15 is 0 Å². The van der Waals surface area contributed by atoms with Crippen LogP contribution >= 0.6 is 39.1 Å². The highest BCUT2D eigenvalue weighted by Gasteiger charge is 2.36. The highest BCUT2D eigenvalue weighted by atomic mass is 79.9. The van der Waals surface area contributed by atoms with Gasteiger partial charge in [-0.3, -0.25) is 9.59 Å². The SMILES string of the molecule is O=C(Nc1ccc(Oc2ccc(Br)cc2)cc1)[C@@H]1CC(=O)N(c2cccc(Cl)c2Cl)C1. The van der Waals surface area contributed by atoms with Gasteiger partial charge in [0.05, 0.1) is 21.7 Å². The van der Waals surface area contributed by atoms with Gasteiger partial charge in [-0.2, -0.15) is 0 Å². The Labute approximate surface area is 198 Å². The first-order chi connectivity index (χ1) is 14.9. The summed E-state index contributed by atoms with van der Waals surface area (Å²) >= 11 is 15.7. The normalized spacial score (nSPS) is 15.8. The predicted octanol–water partition coefficient (Wildman–Crippen LogP) is 6.54. The summed E-state index contributed by atoms with van der Waals surface area (Å²) in [5, 5.41) is 3.53. The van der Waals surface area contributed by atoms with Crippen LogP contribution in [0.3, 0.4) is 0 Å². The van der Waals surface area contributed by atoms with E-state index in [-0.39, 0.29) is 24.8 Å². The average molecular weight is 520 g/mol. The van der Waals surface area contributed by atoms with Crippen LogP contribution in [0.2, 0.25) is 10.0 Å². The van der Waals surface area contributed by atoms with E-state index in [1.54, 1.807) is 42.5 Å². The van der Waals surface area contributed by atoms with Gasteiger partial charge < -0.3 is 15.0 Å². The van der Waals surface area contributed by atoms with E-state index < -0.39 is 5.92 Å². The standard InChI is InChI=1S/C23H17BrCl2N2O3/c24-15-4-8-17(9-5-15)31-18-10-6-16(7-11-18)27-23(30)14-12-21(29)28(13-14)20-3-1-2-19(25)22(20)26/h1-11,14H,12-13H2,(H,27,30)/t14-/m1/s1. The topological polar surface area (TPSA) is 58.6 Å². The molecular formula is C23H17BrCl2N2O3. The van der Waals surface area contributed by atoms with Gasteiger partial charge in [-0.1, -0.05) is 45.2 Å². The third-order valence-electron chi connectivity index (χ3n) is 4.89. The summed E-state index contributed by atoms with van der Waals surface area (Å²) < 4.78 is 6.75. The third kappa shape index (κ3) is 5.03. The van der Waals surface area contributed by atoms with Crippen molar-refractivity contribution in [3.05, 3.63) is 81.2 Å². The molecule has 2 amide bonds. The number of hydrogen-bond donors (Lipinski definition) is 1. The second-order valence-electron chi connectivity index (χ2n) is 7.05. The van der Waals surface area contributed by atoms with Crippen LogP contribution in [-0.2, 0) is 9.59 Å². The number of carbonyl (C=O) groups is 2. The fraction of sp³-hybridized carbons (Fsp3) is 0.130. The zero-order valence-corrected chi connectivity index (χ0v) is 19.2. The van der Waals surface area contributed by atoms with E-state index in [1.165, 1.54) is 4.90 Å². The molecule has 1 atom stereocenters. The summed E-state index contributed by atoms with van der Waals surface area (Å²) in [5.41, 5.74) is 1.14. The summed E-state index contributed by atoms with van der Waals surface area (Å²) in [6.45, 7) is 0.246. The third-order valence-corrected chi connectivity index (χ3v) is 6.23. The molecular weight excluding hydrogens is 503 g/mol. The zero-order chi connectivity index (χ0) is 22.0. The van der Waals surface area contributed by atoms with Crippen molar-refractivity contribution in [2.75, 3.05) is 16.8 Å². The smallest absolute Gasteiger partial charge is 0.229 e. The fourth-order valence-electron chi connectivity index (χ4n) is 3.31. The molecule has 1 aliphatic rings. The van der Waals surface area contributed by atoms with Crippen LogP contribution in [0, 0.1) is 5.92 Å². The van der Waals surface area contributed by atoms with Crippen LogP contribution in [0.4, 0.5) is 11.4 Å². The maximum Gasteiger partial charge on any atom is 0.229 e. The Bertz CT molecular complexity index is 1120. The number of benzene rings is 3. The lowest BCUT2D eigenvalue weighted by molar-refractivity contribution is -0.122. The van der Waals surface area contributed by atoms with Crippen LogP contribution in [0.15, 0.2) is 71.2 Å². The van der Waals surface area contributed by atoms with E-state index in [1.807, 2.05) is 24.3 Å². The average Bonchev–Trinajstić information content (AvgIpc) is 3.15. The molecule has 4 rings (SSSR count). The molecule has 0 bridgehead atoms. The van der Waals surface area contributed by atoms with Gasteiger partial charge in [0.15, 0.2) is 0 Å². The fourth-order valence-corrected chi connectivity index (χ4v) is 3.97. The molecule has 0 unspecified atom stereocenters. The van der Waals surface area contributed by atoms with Crippen LogP contribution in [-0.4, -0.2) is 18.4 Å². The lowest BCUT2D eigenvalue weighted by Crippen LogP contribution is -2.28. The molecule has 0 spiro atoms. The number of rotatable bonds is 5. The van der Waals surface area contributed by atoms with Crippen LogP contribution in [0.25, 0.3) is 0 Å². The molecule has 3 aromatic carbocycles. The van der Waals surface area contributed by atoms with Crippen molar-refractivity contribution in [3.8, 4) is 11.5 Å². The van der Waals surface area contributed by atoms with Crippen molar-refractivity contribution < 1.29 is 14.3 Å². The number of nitrogens with one attached hydrogen (secondary N) is 1. The van der Waals surface area contributed by atoms with Crippen molar-refractivity contribution in [1.82, 2.24) is 0 Å². The molecule has 31 heavy (non-hydrogen) atoms. The Morgan fingerprint density at radius 2 is 1.65 bits per heavy atom. The number of ether oxygens (including phenoxy) is 1. The molecule has 1 N–H and O–H groups in total. The molecule has 3 aromatic rings. The molecule has 1 aliphatic heterocycles. The maximum absolute atomic E-state index is 12.7. The number of carbonyl (C=O) groups excluding carboxylic acids is 2. The molecule has 1 saturated heterocycles. The molecule has 1 heterocycles. The van der Waals surface area contributed by atoms with Gasteiger partial charge in [0.25, 0.3) is 0 Å². The van der Waals surface area contributed by atoms with Gasteiger partial charge in [-0.25, -0.2) is 0 Å². The van der Waals surface area contributed by atoms with Crippen molar-refractivity contribution in [2.45, 2.75) is 6.42 Å². The second-order valence-corrected chi connectivity index (χ2v) is 8.75. The second kappa shape index (κ2) is 9.30. The Hall–Kier alpha value is -2.54. The van der Waals surface area contributed by atoms with E-state index in [0.717, 1.165) is 4.47 Å². The number of amides is 2. The molecule has 158 valence electrons. The minimum Gasteiger partial charge on any atom is -0.457 e. The van der Waals surface area contributed by atoms with Crippen LogP contribution in [0.1, 0.15) is 6.42 Å². The van der Waals surface area contributed by atoms with E-state index in [2.05, 4.69) is 21.2 Å². The van der Waals surface area contributed by atoms with Gasteiger partial charge in [-0.15, -0.1) is 0 Å². The summed E-state index contributed by atoms with van der Waals surface area (Å²) in [6, 6.07) is 19.7. The van der Waals surface area contributed by atoms with Gasteiger partial charge >= 0.3 is 0 Å². The lowest BCUT2D eigenvalue weighted by atomic mass is 10.1. The number of hydrogen-bond acceptors (Lipinski definition) is 3. The Morgan fingerprint density at radius 3 is 2.32 bits per heavy atom. The highest BCUT2D eigenvalue weighted by Crippen LogP contribution is 2.36. The lowest BCUT2D eigenvalue weighted by Gasteiger charge is -2.18. The quantitative estimate of drug-likeness (QED) is 0.416. The van der Waals surface area contributed by atoms with Crippen LogP contribution in [0.5, 0.6) is 11.5 Å². The maximum atomic E-state index is 12.7. The molecule has 5 nitrogen and oxygen atoms in total. The largest absolute Gasteiger partial charge is 0.457 e. The molecule has 0 aliphatic carbocycles. The molecule has 0 aromatic heterocycles. The van der Waals surface area contributed by atoms with Crippen molar-refractivity contribution in [1.29, 1.82) is 0 Å². The minimum absolute atomic E-state index is 0.111. The highest BCUT2D eigenvalue weighted by molar-refractivity contribution is 9.10. The van der Waals surface area contributed by atoms with Crippen molar-refractivity contribution in [2.24, 2.45) is 5.92 Å². The molecule has 8 heteroatoms. The van der Waals surface area contributed by atoms with Gasteiger partial charge in [0.1, 0.15) is 11.5 Å². The Kier molecular flexibility index (Phi) is 6.51. The van der Waals surface area contributed by atoms with Crippen LogP contribution < -0.4 is 15.0 Å². The number of nitrogens with zero attached hydrogens (tertiary/aromatic N) is 1. The summed E-state index contributed by atoms with van der Waals surface area (Å²) in [6.07, 6.45) is 0.111. The van der Waals surface area contributed by atoms with Crippen molar-refractivity contribution in [3.63, 3.8) is 0 Å². The molecule has 1 fully saturated rings. The van der Waals surface area contributed by atoms with E-state index in [9.17, 15) is 9.59 Å². The predicted molar refractivity (Wildman–Crippen MR) is 126 cm³/mol. The first kappa shape index (κ1) is 21.7. The van der Waals surface area contributed by atoms with Gasteiger partial charge in [0, 0.05) is 23.1 Å².